The van der Waals surface area contributed by atoms with E-state index in [0.717, 1.165) is 0 Å². The zero-order chi connectivity index (χ0) is 3.54. The van der Waals surface area contributed by atoms with Gasteiger partial charge in [-0.25, -0.2) is 0 Å². The normalized spacial score (nSPS) is 13.3. The van der Waals surface area contributed by atoms with Crippen molar-refractivity contribution in [2.75, 3.05) is 0 Å². The Labute approximate surface area is 81.8 Å². The van der Waals surface area contributed by atoms with Crippen molar-refractivity contribution >= 4 is 49.6 Å². The van der Waals surface area contributed by atoms with Crippen LogP contribution in [0.4, 0.5) is 0 Å². The van der Waals surface area contributed by atoms with E-state index in [0.29, 0.717) is 0 Å². The molecule has 4 heteroatoms. The van der Waals surface area contributed by atoms with Gasteiger partial charge in [0.1, 0.15) is 0 Å². The first-order valence-corrected chi connectivity index (χ1v) is 2.50. The third-order valence-corrected chi connectivity index (χ3v) is 1.25. The van der Waals surface area contributed by atoms with Gasteiger partial charge in [0.05, 0.1) is 0 Å². The number of rotatable bonds is 0. The first-order valence-electron chi connectivity index (χ1n) is 2.50. The molecule has 0 bridgehead atoms. The standard InChI is InChI=1S/C5H10.4ClH/c1-2-4-5-3-1;;;;/h1-5H2;4*1H. The lowest BCUT2D eigenvalue weighted by Crippen LogP contribution is -1.47. The molecule has 1 aliphatic rings. The van der Waals surface area contributed by atoms with Crippen LogP contribution in [0.1, 0.15) is 32.1 Å². The van der Waals surface area contributed by atoms with Crippen LogP contribution in [-0.4, -0.2) is 0 Å². The molecule has 9 heavy (non-hydrogen) atoms. The van der Waals surface area contributed by atoms with Crippen molar-refractivity contribution in [1.82, 2.24) is 0 Å². The molecule has 0 atom stereocenters. The summed E-state index contributed by atoms with van der Waals surface area (Å²) < 4.78 is 0. The zero-order valence-corrected chi connectivity index (χ0v) is 8.43. The van der Waals surface area contributed by atoms with Gasteiger partial charge >= 0.3 is 0 Å². The van der Waals surface area contributed by atoms with Gasteiger partial charge < -0.3 is 0 Å². The molecule has 1 saturated carbocycles. The third kappa shape index (κ3) is 12.4. The first-order chi connectivity index (χ1) is 2.50. The van der Waals surface area contributed by atoms with E-state index in [1.807, 2.05) is 0 Å². The van der Waals surface area contributed by atoms with Gasteiger partial charge in [0.15, 0.2) is 0 Å². The number of hydrogen-bond acceptors (Lipinski definition) is 0. The van der Waals surface area contributed by atoms with Crippen LogP contribution >= 0.6 is 49.6 Å². The highest BCUT2D eigenvalue weighted by Crippen LogP contribution is 2.15. The summed E-state index contributed by atoms with van der Waals surface area (Å²) in [5, 5.41) is 0. The molecule has 0 saturated heterocycles. The van der Waals surface area contributed by atoms with E-state index in [4.69, 9.17) is 0 Å². The lowest BCUT2D eigenvalue weighted by molar-refractivity contribution is 0.886. The molecule has 0 spiro atoms. The maximum atomic E-state index is 1.50. The molecule has 0 radical (unpaired) electrons. The minimum absolute atomic E-state index is 0. The number of halogens is 4. The van der Waals surface area contributed by atoms with Crippen molar-refractivity contribution in [2.45, 2.75) is 32.1 Å². The molecule has 0 heterocycles. The highest BCUT2D eigenvalue weighted by molar-refractivity contribution is 5.86. The molecule has 1 aliphatic carbocycles. The fraction of sp³-hybridized carbons (Fsp3) is 1.00. The average molecular weight is 216 g/mol. The van der Waals surface area contributed by atoms with Crippen LogP contribution in [0, 0.1) is 0 Å². The lowest BCUT2D eigenvalue weighted by atomic mass is 10.4. The highest BCUT2D eigenvalue weighted by atomic mass is 35.5. The van der Waals surface area contributed by atoms with Crippen LogP contribution < -0.4 is 0 Å². The Bertz CT molecular complexity index is 20.5. The number of hydrogen-bond donors (Lipinski definition) is 0. The summed E-state index contributed by atoms with van der Waals surface area (Å²) in [6, 6.07) is 0. The van der Waals surface area contributed by atoms with Crippen molar-refractivity contribution < 1.29 is 0 Å². The van der Waals surface area contributed by atoms with Gasteiger partial charge in [-0.2, -0.15) is 0 Å². The van der Waals surface area contributed by atoms with E-state index in [-0.39, 0.29) is 49.6 Å². The molecular formula is C5H14Cl4. The summed E-state index contributed by atoms with van der Waals surface area (Å²) in [5.41, 5.74) is 0. The van der Waals surface area contributed by atoms with Gasteiger partial charge in [0.25, 0.3) is 0 Å². The first kappa shape index (κ1) is 22.5. The fourth-order valence-corrected chi connectivity index (χ4v) is 0.884. The molecule has 0 amide bonds. The summed E-state index contributed by atoms with van der Waals surface area (Å²) in [5.74, 6) is 0. The van der Waals surface area contributed by atoms with E-state index >= 15 is 0 Å². The minimum Gasteiger partial charge on any atom is -0.147 e. The van der Waals surface area contributed by atoms with E-state index in [1.54, 1.807) is 0 Å². The Kier molecular flexibility index (Phi) is 40.1. The molecule has 0 unspecified atom stereocenters. The van der Waals surface area contributed by atoms with Crippen LogP contribution in [0.15, 0.2) is 0 Å². The van der Waals surface area contributed by atoms with Gasteiger partial charge in [-0.15, -0.1) is 49.6 Å². The van der Waals surface area contributed by atoms with Gasteiger partial charge in [-0.3, -0.25) is 0 Å². The summed E-state index contributed by atoms with van der Waals surface area (Å²) in [7, 11) is 0. The average Bonchev–Trinajstić information content (AvgIpc) is 1.76. The van der Waals surface area contributed by atoms with Crippen molar-refractivity contribution in [3.8, 4) is 0 Å². The molecule has 1 fully saturated rings. The molecule has 0 aromatic rings. The molecule has 0 aliphatic heterocycles. The smallest absolute Gasteiger partial charge is 0.0533 e. The SMILES string of the molecule is C1CCCC1.Cl.Cl.Cl.Cl. The maximum Gasteiger partial charge on any atom is -0.0533 e. The van der Waals surface area contributed by atoms with Crippen LogP contribution in [0.3, 0.4) is 0 Å². The van der Waals surface area contributed by atoms with Gasteiger partial charge in [0.2, 0.25) is 0 Å². The van der Waals surface area contributed by atoms with Gasteiger partial charge in [-0.1, -0.05) is 32.1 Å². The Morgan fingerprint density at radius 3 is 0.556 bits per heavy atom. The summed E-state index contributed by atoms with van der Waals surface area (Å²) in [6.45, 7) is 0. The molecular weight excluding hydrogens is 202 g/mol. The predicted molar refractivity (Wildman–Crippen MR) is 52.1 cm³/mol. The maximum absolute atomic E-state index is 1.50. The van der Waals surface area contributed by atoms with E-state index in [9.17, 15) is 0 Å². The summed E-state index contributed by atoms with van der Waals surface area (Å²) in [6.07, 6.45) is 7.50. The second-order valence-corrected chi connectivity index (χ2v) is 1.77. The molecule has 0 nitrogen and oxygen atoms in total. The van der Waals surface area contributed by atoms with Gasteiger partial charge in [-0.05, 0) is 0 Å². The lowest BCUT2D eigenvalue weighted by Gasteiger charge is -1.67. The fourth-order valence-electron chi connectivity index (χ4n) is 0.884. The Hall–Kier alpha value is 1.16. The molecule has 0 N–H and O–H groups in total. The van der Waals surface area contributed by atoms with E-state index < -0.39 is 0 Å². The third-order valence-electron chi connectivity index (χ3n) is 1.25. The van der Waals surface area contributed by atoms with Crippen molar-refractivity contribution in [3.05, 3.63) is 0 Å². The second-order valence-electron chi connectivity index (χ2n) is 1.77. The molecule has 0 aromatic heterocycles. The van der Waals surface area contributed by atoms with Crippen LogP contribution in [0.25, 0.3) is 0 Å². The van der Waals surface area contributed by atoms with Crippen LogP contribution in [-0.2, 0) is 0 Å². The summed E-state index contributed by atoms with van der Waals surface area (Å²) in [4.78, 5) is 0. The van der Waals surface area contributed by atoms with Crippen molar-refractivity contribution in [3.63, 3.8) is 0 Å². The summed E-state index contributed by atoms with van der Waals surface area (Å²) >= 11 is 0. The van der Waals surface area contributed by atoms with Crippen molar-refractivity contribution in [2.24, 2.45) is 0 Å². The second kappa shape index (κ2) is 16.1. The van der Waals surface area contributed by atoms with Crippen LogP contribution in [0.2, 0.25) is 0 Å². The topological polar surface area (TPSA) is 0 Å². The molecule has 62 valence electrons. The monoisotopic (exact) mass is 214 g/mol. The Balaban J connectivity index is -0.0000000312. The largest absolute Gasteiger partial charge is 0.147 e. The van der Waals surface area contributed by atoms with E-state index in [1.165, 1.54) is 32.1 Å². The molecule has 0 aromatic carbocycles. The quantitative estimate of drug-likeness (QED) is 0.579. The zero-order valence-electron chi connectivity index (χ0n) is 5.17. The van der Waals surface area contributed by atoms with Crippen molar-refractivity contribution in [1.29, 1.82) is 0 Å². The highest BCUT2D eigenvalue weighted by Gasteiger charge is 1.95. The minimum atomic E-state index is 0. The Morgan fingerprint density at radius 2 is 0.444 bits per heavy atom. The van der Waals surface area contributed by atoms with Crippen LogP contribution in [0.5, 0.6) is 0 Å². The van der Waals surface area contributed by atoms with Gasteiger partial charge in [0, 0.05) is 0 Å². The predicted octanol–water partition coefficient (Wildman–Crippen LogP) is 3.64. The molecule has 1 rings (SSSR count). The Morgan fingerprint density at radius 1 is 0.333 bits per heavy atom. The van der Waals surface area contributed by atoms with E-state index in [2.05, 4.69) is 0 Å².